The summed E-state index contributed by atoms with van der Waals surface area (Å²) in [5.41, 5.74) is 1.01. The van der Waals surface area contributed by atoms with Gasteiger partial charge in [-0.25, -0.2) is 13.8 Å². The van der Waals surface area contributed by atoms with E-state index in [0.717, 1.165) is 6.07 Å². The summed E-state index contributed by atoms with van der Waals surface area (Å²) in [6.45, 7) is 2.09. The Labute approximate surface area is 163 Å². The number of para-hydroxylation sites is 1. The second kappa shape index (κ2) is 7.59. The van der Waals surface area contributed by atoms with Crippen molar-refractivity contribution in [1.82, 2.24) is 9.55 Å². The summed E-state index contributed by atoms with van der Waals surface area (Å²) in [5, 5.41) is 0.752. The van der Waals surface area contributed by atoms with Crippen LogP contribution in [0.4, 0.5) is 8.78 Å². The van der Waals surface area contributed by atoms with E-state index in [2.05, 4.69) is 4.98 Å². The Morgan fingerprint density at radius 3 is 2.68 bits per heavy atom. The normalized spacial score (nSPS) is 12.4. The van der Waals surface area contributed by atoms with Gasteiger partial charge in [-0.2, -0.15) is 0 Å². The molecule has 4 rings (SSSR count). The zero-order chi connectivity index (χ0) is 19.7. The highest BCUT2D eigenvalue weighted by atomic mass is 32.2. The van der Waals surface area contributed by atoms with E-state index >= 15 is 0 Å². The Hall–Kier alpha value is -2.93. The molecule has 0 saturated heterocycles. The van der Waals surface area contributed by atoms with Crippen LogP contribution in [0.2, 0.25) is 0 Å². The minimum Gasteiger partial charge on any atom is -0.467 e. The van der Waals surface area contributed by atoms with Gasteiger partial charge < -0.3 is 4.42 Å². The van der Waals surface area contributed by atoms with Gasteiger partial charge in [-0.15, -0.1) is 0 Å². The number of benzene rings is 2. The summed E-state index contributed by atoms with van der Waals surface area (Å²) < 4.78 is 33.8. The standard InChI is InChI=1S/C21H16F2N2O2S/c1-13(14-8-9-17(22)18(23)11-14)28-21-24-19-7-3-2-6-16(19)20(26)25(21)12-15-5-4-10-27-15/h2-11,13H,12H2,1H3. The van der Waals surface area contributed by atoms with E-state index in [4.69, 9.17) is 4.42 Å². The second-order valence-corrected chi connectivity index (χ2v) is 7.62. The topological polar surface area (TPSA) is 48.0 Å². The molecule has 0 amide bonds. The third-order valence-corrected chi connectivity index (χ3v) is 5.56. The first-order valence-electron chi connectivity index (χ1n) is 8.66. The number of aromatic nitrogens is 2. The molecular weight excluding hydrogens is 382 g/mol. The van der Waals surface area contributed by atoms with E-state index in [1.807, 2.05) is 13.0 Å². The van der Waals surface area contributed by atoms with Crippen molar-refractivity contribution < 1.29 is 13.2 Å². The molecule has 0 aliphatic rings. The Balaban J connectivity index is 1.77. The predicted octanol–water partition coefficient (Wildman–Crippen LogP) is 5.17. The van der Waals surface area contributed by atoms with Gasteiger partial charge in [0.25, 0.3) is 5.56 Å². The van der Waals surface area contributed by atoms with E-state index in [1.165, 1.54) is 23.9 Å². The summed E-state index contributed by atoms with van der Waals surface area (Å²) in [6, 6.07) is 14.5. The average Bonchev–Trinajstić information content (AvgIpc) is 3.20. The van der Waals surface area contributed by atoms with Crippen molar-refractivity contribution >= 4 is 22.7 Å². The maximum atomic E-state index is 13.6. The number of fused-ring (bicyclic) bond motifs is 1. The molecule has 1 atom stereocenters. The fourth-order valence-corrected chi connectivity index (χ4v) is 3.95. The van der Waals surface area contributed by atoms with Crippen LogP contribution in [0, 0.1) is 11.6 Å². The van der Waals surface area contributed by atoms with Crippen molar-refractivity contribution in [3.05, 3.63) is 94.2 Å². The lowest BCUT2D eigenvalue weighted by Crippen LogP contribution is -2.24. The van der Waals surface area contributed by atoms with E-state index in [-0.39, 0.29) is 17.4 Å². The Morgan fingerprint density at radius 2 is 1.93 bits per heavy atom. The molecule has 0 spiro atoms. The number of hydrogen-bond donors (Lipinski definition) is 0. The first kappa shape index (κ1) is 18.4. The van der Waals surface area contributed by atoms with Gasteiger partial charge in [-0.05, 0) is 48.9 Å². The molecule has 0 fully saturated rings. The van der Waals surface area contributed by atoms with Crippen molar-refractivity contribution in [1.29, 1.82) is 0 Å². The largest absolute Gasteiger partial charge is 0.467 e. The molecule has 0 N–H and O–H groups in total. The molecular formula is C21H16F2N2O2S. The van der Waals surface area contributed by atoms with E-state index in [9.17, 15) is 13.6 Å². The molecule has 28 heavy (non-hydrogen) atoms. The minimum absolute atomic E-state index is 0.179. The van der Waals surface area contributed by atoms with E-state index in [1.54, 1.807) is 41.2 Å². The Morgan fingerprint density at radius 1 is 1.11 bits per heavy atom. The van der Waals surface area contributed by atoms with Crippen LogP contribution in [0.3, 0.4) is 0 Å². The number of hydrogen-bond acceptors (Lipinski definition) is 4. The van der Waals surface area contributed by atoms with Crippen molar-refractivity contribution in [3.8, 4) is 0 Å². The fourth-order valence-electron chi connectivity index (χ4n) is 2.93. The third kappa shape index (κ3) is 3.57. The van der Waals surface area contributed by atoms with Crippen LogP contribution in [0.5, 0.6) is 0 Å². The maximum absolute atomic E-state index is 13.6. The number of halogens is 2. The summed E-state index contributed by atoms with van der Waals surface area (Å²) in [6.07, 6.45) is 1.55. The molecule has 0 aliphatic heterocycles. The van der Waals surface area contributed by atoms with Crippen LogP contribution in [-0.4, -0.2) is 9.55 Å². The first-order valence-corrected chi connectivity index (χ1v) is 9.54. The number of nitrogens with zero attached hydrogens (tertiary/aromatic N) is 2. The number of thioether (sulfide) groups is 1. The molecule has 0 aliphatic carbocycles. The summed E-state index contributed by atoms with van der Waals surface area (Å²) in [4.78, 5) is 17.7. The van der Waals surface area contributed by atoms with Crippen molar-refractivity contribution in [2.75, 3.05) is 0 Å². The van der Waals surface area contributed by atoms with Gasteiger partial charge >= 0.3 is 0 Å². The molecule has 4 nitrogen and oxygen atoms in total. The molecule has 4 aromatic rings. The van der Waals surface area contributed by atoms with E-state index < -0.39 is 11.6 Å². The molecule has 2 aromatic heterocycles. The van der Waals surface area contributed by atoms with Gasteiger partial charge in [-0.3, -0.25) is 9.36 Å². The smallest absolute Gasteiger partial charge is 0.262 e. The summed E-state index contributed by atoms with van der Waals surface area (Å²) in [5.74, 6) is -1.16. The van der Waals surface area contributed by atoms with E-state index in [0.29, 0.717) is 27.4 Å². The van der Waals surface area contributed by atoms with Crippen molar-refractivity contribution in [2.45, 2.75) is 23.9 Å². The molecule has 2 heterocycles. The molecule has 142 valence electrons. The quantitative estimate of drug-likeness (QED) is 0.344. The molecule has 0 saturated carbocycles. The number of rotatable bonds is 5. The van der Waals surface area contributed by atoms with Crippen molar-refractivity contribution in [3.63, 3.8) is 0 Å². The highest BCUT2D eigenvalue weighted by Gasteiger charge is 2.17. The summed E-state index contributed by atoms with van der Waals surface area (Å²) >= 11 is 1.31. The second-order valence-electron chi connectivity index (χ2n) is 6.32. The third-order valence-electron chi connectivity index (χ3n) is 4.42. The van der Waals surface area contributed by atoms with Gasteiger partial charge in [0.1, 0.15) is 5.76 Å². The zero-order valence-electron chi connectivity index (χ0n) is 14.9. The maximum Gasteiger partial charge on any atom is 0.262 e. The molecule has 0 radical (unpaired) electrons. The Kier molecular flexibility index (Phi) is 5.00. The molecule has 0 bridgehead atoms. The monoisotopic (exact) mass is 398 g/mol. The molecule has 1 unspecified atom stereocenters. The highest BCUT2D eigenvalue weighted by Crippen LogP contribution is 2.34. The van der Waals surface area contributed by atoms with Crippen LogP contribution in [0.1, 0.15) is 23.5 Å². The summed E-state index contributed by atoms with van der Waals surface area (Å²) in [7, 11) is 0. The fraction of sp³-hybridized carbons (Fsp3) is 0.143. The highest BCUT2D eigenvalue weighted by molar-refractivity contribution is 7.99. The van der Waals surface area contributed by atoms with Gasteiger partial charge in [0, 0.05) is 5.25 Å². The van der Waals surface area contributed by atoms with Crippen molar-refractivity contribution in [2.24, 2.45) is 0 Å². The van der Waals surface area contributed by atoms with Crippen LogP contribution in [-0.2, 0) is 6.54 Å². The van der Waals surface area contributed by atoms with Gasteiger partial charge in [-0.1, -0.05) is 30.0 Å². The van der Waals surface area contributed by atoms with Crippen LogP contribution in [0.25, 0.3) is 10.9 Å². The lowest BCUT2D eigenvalue weighted by Gasteiger charge is -2.16. The average molecular weight is 398 g/mol. The molecule has 7 heteroatoms. The number of furan rings is 1. The van der Waals surface area contributed by atoms with Gasteiger partial charge in [0.05, 0.1) is 23.7 Å². The SMILES string of the molecule is CC(Sc1nc2ccccc2c(=O)n1Cc1ccco1)c1ccc(F)c(F)c1. The zero-order valence-corrected chi connectivity index (χ0v) is 15.7. The predicted molar refractivity (Wildman–Crippen MR) is 104 cm³/mol. The minimum atomic E-state index is -0.899. The van der Waals surface area contributed by atoms with Crippen LogP contribution < -0.4 is 5.56 Å². The van der Waals surface area contributed by atoms with Gasteiger partial charge in [0.2, 0.25) is 0 Å². The first-order chi connectivity index (χ1) is 13.5. The molecule has 2 aromatic carbocycles. The lowest BCUT2D eigenvalue weighted by atomic mass is 10.1. The van der Waals surface area contributed by atoms with Gasteiger partial charge in [0.15, 0.2) is 16.8 Å². The lowest BCUT2D eigenvalue weighted by molar-refractivity contribution is 0.476. The van der Waals surface area contributed by atoms with Crippen LogP contribution in [0.15, 0.2) is 75.2 Å². The Bertz CT molecular complexity index is 1190. The van der Waals surface area contributed by atoms with Crippen LogP contribution >= 0.6 is 11.8 Å².